The van der Waals surface area contributed by atoms with Crippen molar-refractivity contribution in [2.75, 3.05) is 13.2 Å². The van der Waals surface area contributed by atoms with Crippen molar-refractivity contribution in [1.82, 2.24) is 0 Å². The number of rotatable bonds is 24. The Morgan fingerprint density at radius 2 is 0.795 bits per heavy atom. The monoisotopic (exact) mass is 1080 g/mol. The zero-order valence-corrected chi connectivity index (χ0v) is 44.3. The molecular formula is C60H68O18. The van der Waals surface area contributed by atoms with Crippen molar-refractivity contribution in [1.29, 1.82) is 0 Å². The number of benzene rings is 5. The summed E-state index contributed by atoms with van der Waals surface area (Å²) in [7, 11) is 0. The summed E-state index contributed by atoms with van der Waals surface area (Å²) in [6.45, 7) is 6.53. The SMILES string of the molecule is CC(=O)OCC1OC(OC2COC(OCc3ccccc3)C(OC3OC(C)C(OCc4ccccc4)C(OCc4ccccc4)C3OCc3ccccc3)C2OCc2ccccc2)C(OC(C)=O)C(OC(C)=O)C1OC(C)=O. The van der Waals surface area contributed by atoms with Gasteiger partial charge in [0, 0.05) is 27.7 Å². The number of carbonyl (C=O) groups is 4. The first-order chi connectivity index (χ1) is 37.9. The molecule has 78 heavy (non-hydrogen) atoms. The highest BCUT2D eigenvalue weighted by Gasteiger charge is 2.56. The Bertz CT molecular complexity index is 2610. The molecule has 0 spiro atoms. The molecule has 0 bridgehead atoms. The Labute approximate surface area is 454 Å². The fourth-order valence-corrected chi connectivity index (χ4v) is 9.47. The molecule has 3 saturated heterocycles. The van der Waals surface area contributed by atoms with Gasteiger partial charge in [0.25, 0.3) is 0 Å². The summed E-state index contributed by atoms with van der Waals surface area (Å²) in [5.41, 5.74) is 4.40. The van der Waals surface area contributed by atoms with Gasteiger partial charge in [-0.15, -0.1) is 0 Å². The standard InChI is InChI=1S/C60H68O18/c1-38-50(66-31-43-21-11-6-12-22-43)53(68-33-45-25-15-8-16-26-45)55(69-34-46-27-17-9-18-28-46)59(72-38)78-56-51(67-32-44-23-13-7-14-24-44)48(37-71-58(56)70-35-47-29-19-10-20-30-47)76-60-57(75-42(5)64)54(74-41(4)63)52(73-40(3)62)49(77-60)36-65-39(2)61/h6-30,38,48-60H,31-37H2,1-5H3. The first-order valence-electron chi connectivity index (χ1n) is 26.0. The van der Waals surface area contributed by atoms with Crippen molar-refractivity contribution < 1.29 is 85.5 Å². The van der Waals surface area contributed by atoms with Crippen molar-refractivity contribution in [3.05, 3.63) is 179 Å². The molecule has 3 aliphatic heterocycles. The minimum Gasteiger partial charge on any atom is -0.463 e. The van der Waals surface area contributed by atoms with Crippen LogP contribution in [0.3, 0.4) is 0 Å². The molecule has 14 atom stereocenters. The third kappa shape index (κ3) is 16.6. The van der Waals surface area contributed by atoms with Gasteiger partial charge in [-0.3, -0.25) is 19.2 Å². The molecule has 3 aliphatic rings. The van der Waals surface area contributed by atoms with E-state index in [1.54, 1.807) is 0 Å². The summed E-state index contributed by atoms with van der Waals surface area (Å²) in [6.07, 6.45) is -16.4. The van der Waals surface area contributed by atoms with Crippen LogP contribution in [0.4, 0.5) is 0 Å². The topological polar surface area (TPSA) is 198 Å². The van der Waals surface area contributed by atoms with Gasteiger partial charge in [0.1, 0.15) is 49.3 Å². The van der Waals surface area contributed by atoms with E-state index in [9.17, 15) is 19.2 Å². The van der Waals surface area contributed by atoms with Gasteiger partial charge in [-0.2, -0.15) is 0 Å². The summed E-state index contributed by atoms with van der Waals surface area (Å²) in [6, 6.07) is 48.3. The lowest BCUT2D eigenvalue weighted by molar-refractivity contribution is -0.383. The van der Waals surface area contributed by atoms with Crippen molar-refractivity contribution in [2.24, 2.45) is 0 Å². The maximum absolute atomic E-state index is 12.9. The molecule has 14 unspecified atom stereocenters. The average molecular weight is 1080 g/mol. The zero-order chi connectivity index (χ0) is 54.8. The maximum Gasteiger partial charge on any atom is 0.303 e. The number of esters is 4. The van der Waals surface area contributed by atoms with Crippen molar-refractivity contribution in [3.8, 4) is 0 Å². The molecule has 3 heterocycles. The first kappa shape index (κ1) is 57.7. The Balaban J connectivity index is 1.19. The molecule has 18 heteroatoms. The molecule has 3 fully saturated rings. The molecule has 0 amide bonds. The third-order valence-electron chi connectivity index (χ3n) is 13.1. The smallest absolute Gasteiger partial charge is 0.303 e. The molecule has 18 nitrogen and oxygen atoms in total. The second kappa shape index (κ2) is 29.0. The van der Waals surface area contributed by atoms with Crippen molar-refractivity contribution >= 4 is 23.9 Å². The maximum atomic E-state index is 12.9. The Hall–Kier alpha value is -6.42. The lowest BCUT2D eigenvalue weighted by Crippen LogP contribution is -2.66. The van der Waals surface area contributed by atoms with E-state index in [1.165, 1.54) is 6.92 Å². The Morgan fingerprint density at radius 1 is 0.397 bits per heavy atom. The van der Waals surface area contributed by atoms with Crippen LogP contribution < -0.4 is 0 Å². The van der Waals surface area contributed by atoms with Gasteiger partial charge in [-0.25, -0.2) is 0 Å². The minimum absolute atomic E-state index is 0.0310. The second-order valence-corrected chi connectivity index (χ2v) is 19.1. The second-order valence-electron chi connectivity index (χ2n) is 19.1. The van der Waals surface area contributed by atoms with E-state index >= 15 is 0 Å². The van der Waals surface area contributed by atoms with E-state index in [0.29, 0.717) is 0 Å². The van der Waals surface area contributed by atoms with Gasteiger partial charge < -0.3 is 66.3 Å². The highest BCUT2D eigenvalue weighted by atomic mass is 16.8. The summed E-state index contributed by atoms with van der Waals surface area (Å²) in [4.78, 5) is 50.6. The van der Waals surface area contributed by atoms with E-state index < -0.39 is 116 Å². The minimum atomic E-state index is -1.60. The van der Waals surface area contributed by atoms with Gasteiger partial charge in [0.05, 0.1) is 45.7 Å². The van der Waals surface area contributed by atoms with Crippen LogP contribution in [0.5, 0.6) is 0 Å². The number of hydrogen-bond donors (Lipinski definition) is 0. The molecule has 0 radical (unpaired) electrons. The van der Waals surface area contributed by atoms with Gasteiger partial charge in [0.2, 0.25) is 0 Å². The molecular weight excluding hydrogens is 1010 g/mol. The van der Waals surface area contributed by atoms with E-state index in [4.69, 9.17) is 66.3 Å². The fourth-order valence-electron chi connectivity index (χ4n) is 9.47. The Morgan fingerprint density at radius 3 is 1.26 bits per heavy atom. The number of hydrogen-bond acceptors (Lipinski definition) is 18. The molecule has 5 aromatic rings. The van der Waals surface area contributed by atoms with Crippen molar-refractivity contribution in [3.63, 3.8) is 0 Å². The first-order valence-corrected chi connectivity index (χ1v) is 26.0. The van der Waals surface area contributed by atoms with Crippen LogP contribution in [0.1, 0.15) is 62.4 Å². The van der Waals surface area contributed by atoms with Crippen LogP contribution in [-0.2, 0) is 119 Å². The highest BCUT2D eigenvalue weighted by Crippen LogP contribution is 2.37. The molecule has 0 aliphatic carbocycles. The molecule has 5 aromatic carbocycles. The Kier molecular flexibility index (Phi) is 21.5. The normalized spacial score (nSPS) is 28.0. The van der Waals surface area contributed by atoms with Crippen LogP contribution in [-0.4, -0.2) is 123 Å². The predicted octanol–water partition coefficient (Wildman–Crippen LogP) is 7.50. The van der Waals surface area contributed by atoms with Gasteiger partial charge in [-0.05, 0) is 34.7 Å². The summed E-state index contributed by atoms with van der Waals surface area (Å²) >= 11 is 0. The summed E-state index contributed by atoms with van der Waals surface area (Å²) in [5, 5.41) is 0. The van der Waals surface area contributed by atoms with E-state index in [2.05, 4.69) is 0 Å². The fraction of sp³-hybridized carbons (Fsp3) is 0.433. The van der Waals surface area contributed by atoms with E-state index in [0.717, 1.165) is 48.6 Å². The molecule has 416 valence electrons. The molecule has 0 N–H and O–H groups in total. The third-order valence-corrected chi connectivity index (χ3v) is 13.1. The van der Waals surface area contributed by atoms with Crippen LogP contribution in [0.2, 0.25) is 0 Å². The highest BCUT2D eigenvalue weighted by molar-refractivity contribution is 5.68. The molecule has 0 saturated carbocycles. The largest absolute Gasteiger partial charge is 0.463 e. The van der Waals surface area contributed by atoms with E-state index in [1.807, 2.05) is 159 Å². The lowest BCUT2D eigenvalue weighted by atomic mass is 9.97. The number of carbonyl (C=O) groups excluding carboxylic acids is 4. The molecule has 0 aromatic heterocycles. The van der Waals surface area contributed by atoms with Crippen molar-refractivity contribution in [2.45, 2.75) is 154 Å². The average Bonchev–Trinajstić information content (AvgIpc) is 3.49. The lowest BCUT2D eigenvalue weighted by Gasteiger charge is -2.49. The van der Waals surface area contributed by atoms with E-state index in [-0.39, 0.29) is 39.6 Å². The molecule has 8 rings (SSSR count). The summed E-state index contributed by atoms with van der Waals surface area (Å²) < 4.78 is 90.9. The summed E-state index contributed by atoms with van der Waals surface area (Å²) in [5.74, 6) is -3.06. The van der Waals surface area contributed by atoms with Crippen LogP contribution in [0, 0.1) is 0 Å². The predicted molar refractivity (Wildman–Crippen MR) is 277 cm³/mol. The number of ether oxygens (including phenoxy) is 14. The zero-order valence-electron chi connectivity index (χ0n) is 44.3. The van der Waals surface area contributed by atoms with Gasteiger partial charge in [0.15, 0.2) is 37.2 Å². The quantitative estimate of drug-likeness (QED) is 0.0434. The van der Waals surface area contributed by atoms with Gasteiger partial charge in [-0.1, -0.05) is 152 Å². The van der Waals surface area contributed by atoms with Crippen LogP contribution >= 0.6 is 0 Å². The van der Waals surface area contributed by atoms with Crippen LogP contribution in [0.15, 0.2) is 152 Å². The van der Waals surface area contributed by atoms with Gasteiger partial charge >= 0.3 is 23.9 Å². The van der Waals surface area contributed by atoms with Crippen LogP contribution in [0.25, 0.3) is 0 Å².